The molecule has 0 bridgehead atoms. The molecule has 92 valence electrons. The average Bonchev–Trinajstić information content (AvgIpc) is 2.93. The second-order valence-electron chi connectivity index (χ2n) is 4.80. The summed E-state index contributed by atoms with van der Waals surface area (Å²) in [6.07, 6.45) is 3.04. The Morgan fingerprint density at radius 1 is 1.21 bits per heavy atom. The highest BCUT2D eigenvalue weighted by Crippen LogP contribution is 2.43. The normalized spacial score (nSPS) is 18.4. The number of carbonyl (C=O) groups excluding carboxylic acids is 1. The number of hydrogen-bond donors (Lipinski definition) is 1. The predicted molar refractivity (Wildman–Crippen MR) is 72.9 cm³/mol. The van der Waals surface area contributed by atoms with Crippen molar-refractivity contribution in [3.8, 4) is 0 Å². The van der Waals surface area contributed by atoms with Gasteiger partial charge < -0.3 is 5.32 Å². The smallest absolute Gasteiger partial charge is 0.272 e. The van der Waals surface area contributed by atoms with Crippen molar-refractivity contribution in [2.75, 3.05) is 0 Å². The zero-order chi connectivity index (χ0) is 12.8. The van der Waals surface area contributed by atoms with Crippen LogP contribution in [0.1, 0.15) is 12.0 Å². The van der Waals surface area contributed by atoms with Gasteiger partial charge in [-0.25, -0.2) is 0 Å². The highest BCUT2D eigenvalue weighted by molar-refractivity contribution is 6.56. The molecule has 0 saturated carbocycles. The third-order valence-electron chi connectivity index (χ3n) is 3.51. The van der Waals surface area contributed by atoms with Crippen LogP contribution in [0.15, 0.2) is 63.3 Å². The molecule has 0 saturated heterocycles. The molecule has 1 N–H and O–H groups in total. The summed E-state index contributed by atoms with van der Waals surface area (Å²) in [4.78, 5) is 12.1. The molecule has 3 aliphatic rings. The number of fused-ring (bicyclic) bond motifs is 2. The van der Waals surface area contributed by atoms with Gasteiger partial charge in [0, 0.05) is 18.5 Å². The van der Waals surface area contributed by atoms with Crippen LogP contribution in [-0.2, 0) is 11.3 Å². The van der Waals surface area contributed by atoms with Crippen LogP contribution in [-0.4, -0.2) is 17.3 Å². The van der Waals surface area contributed by atoms with E-state index < -0.39 is 0 Å². The third-order valence-corrected chi connectivity index (χ3v) is 3.51. The molecule has 1 aromatic carbocycles. The molecule has 2 aliphatic carbocycles. The number of nitrogens with zero attached hydrogens (tertiary/aromatic N) is 2. The fraction of sp³-hybridized carbons (Fsp3) is 0.133. The predicted octanol–water partition coefficient (Wildman–Crippen LogP) is 1.75. The molecule has 4 rings (SSSR count). The summed E-state index contributed by atoms with van der Waals surface area (Å²) in [5, 5.41) is 11.0. The second kappa shape index (κ2) is 3.75. The monoisotopic (exact) mass is 249 g/mol. The minimum atomic E-state index is -0.156. The van der Waals surface area contributed by atoms with Gasteiger partial charge >= 0.3 is 0 Å². The minimum absolute atomic E-state index is 0.156. The summed E-state index contributed by atoms with van der Waals surface area (Å²) in [7, 11) is 0. The number of nitrogens with one attached hydrogen (secondary N) is 1. The SMILES string of the molecule is O=C(NCc1ccccc1)C1=NN=C2C1=CC1=C2C1. The molecule has 0 radical (unpaired) electrons. The summed E-state index contributed by atoms with van der Waals surface area (Å²) in [6, 6.07) is 9.82. The molecule has 0 spiro atoms. The van der Waals surface area contributed by atoms with Crippen molar-refractivity contribution in [1.82, 2.24) is 5.32 Å². The van der Waals surface area contributed by atoms with Gasteiger partial charge in [-0.15, -0.1) is 10.2 Å². The van der Waals surface area contributed by atoms with Gasteiger partial charge in [-0.2, -0.15) is 0 Å². The lowest BCUT2D eigenvalue weighted by molar-refractivity contribution is -0.114. The Morgan fingerprint density at radius 2 is 2.05 bits per heavy atom. The lowest BCUT2D eigenvalue weighted by atomic mass is 10.0. The molecule has 4 nitrogen and oxygen atoms in total. The molecule has 19 heavy (non-hydrogen) atoms. The van der Waals surface area contributed by atoms with Crippen molar-refractivity contribution in [2.24, 2.45) is 10.2 Å². The van der Waals surface area contributed by atoms with Crippen LogP contribution in [0.4, 0.5) is 0 Å². The molecular weight excluding hydrogens is 238 g/mol. The van der Waals surface area contributed by atoms with Crippen molar-refractivity contribution in [3.05, 3.63) is 58.7 Å². The lowest BCUT2D eigenvalue weighted by Gasteiger charge is -2.06. The van der Waals surface area contributed by atoms with Crippen LogP contribution in [0, 0.1) is 0 Å². The van der Waals surface area contributed by atoms with Crippen molar-refractivity contribution in [1.29, 1.82) is 0 Å². The molecule has 4 heteroatoms. The molecule has 1 aromatic rings. The number of allylic oxidation sites excluding steroid dienone is 3. The quantitative estimate of drug-likeness (QED) is 0.871. The first-order valence-corrected chi connectivity index (χ1v) is 6.25. The van der Waals surface area contributed by atoms with Gasteiger partial charge in [0.05, 0.1) is 5.71 Å². The van der Waals surface area contributed by atoms with Crippen LogP contribution in [0.2, 0.25) is 0 Å². The zero-order valence-electron chi connectivity index (χ0n) is 10.2. The standard InChI is InChI=1S/C15H11N3O/c19-15(16-8-9-4-2-1-3-5-9)14-12-7-10-6-11(10)13(12)17-18-14/h1-5,7H,6,8H2,(H,16,19). The highest BCUT2D eigenvalue weighted by Gasteiger charge is 2.39. The summed E-state index contributed by atoms with van der Waals surface area (Å²) < 4.78 is 0. The van der Waals surface area contributed by atoms with Gasteiger partial charge in [-0.3, -0.25) is 4.79 Å². The van der Waals surface area contributed by atoms with E-state index in [9.17, 15) is 4.79 Å². The Kier molecular flexibility index (Phi) is 2.06. The van der Waals surface area contributed by atoms with Gasteiger partial charge in [0.25, 0.3) is 5.91 Å². The topological polar surface area (TPSA) is 53.8 Å². The van der Waals surface area contributed by atoms with E-state index in [1.165, 1.54) is 11.1 Å². The first kappa shape index (κ1) is 10.4. The van der Waals surface area contributed by atoms with Gasteiger partial charge in [0.15, 0.2) is 5.71 Å². The fourth-order valence-electron chi connectivity index (χ4n) is 2.40. The van der Waals surface area contributed by atoms with E-state index in [0.29, 0.717) is 12.3 Å². The maximum absolute atomic E-state index is 12.1. The summed E-state index contributed by atoms with van der Waals surface area (Å²) in [6.45, 7) is 0.508. The Labute approximate surface area is 110 Å². The fourth-order valence-corrected chi connectivity index (χ4v) is 2.40. The molecule has 1 aliphatic heterocycles. The molecule has 0 atom stereocenters. The summed E-state index contributed by atoms with van der Waals surface area (Å²) in [5.41, 5.74) is 5.86. The maximum atomic E-state index is 12.1. The van der Waals surface area contributed by atoms with E-state index in [4.69, 9.17) is 0 Å². The Morgan fingerprint density at radius 3 is 2.89 bits per heavy atom. The average molecular weight is 249 g/mol. The van der Waals surface area contributed by atoms with Crippen LogP contribution in [0.25, 0.3) is 0 Å². The number of benzene rings is 1. The van der Waals surface area contributed by atoms with Crippen molar-refractivity contribution in [3.63, 3.8) is 0 Å². The first-order chi connectivity index (χ1) is 9.33. The Bertz CT molecular complexity index is 708. The number of rotatable bonds is 3. The van der Waals surface area contributed by atoms with Crippen molar-refractivity contribution in [2.45, 2.75) is 13.0 Å². The molecule has 0 aromatic heterocycles. The van der Waals surface area contributed by atoms with Gasteiger partial charge in [0.2, 0.25) is 0 Å². The molecular formula is C15H11N3O. The second-order valence-corrected chi connectivity index (χ2v) is 4.80. The Balaban J connectivity index is 1.44. The van der Waals surface area contributed by atoms with Gasteiger partial charge in [0.1, 0.15) is 0 Å². The van der Waals surface area contributed by atoms with Crippen LogP contribution in [0.5, 0.6) is 0 Å². The molecule has 1 amide bonds. The maximum Gasteiger partial charge on any atom is 0.272 e. The number of hydrogen-bond acceptors (Lipinski definition) is 3. The number of carbonyl (C=O) groups is 1. The third kappa shape index (κ3) is 1.64. The van der Waals surface area contributed by atoms with E-state index in [1.54, 1.807) is 0 Å². The molecule has 1 heterocycles. The first-order valence-electron chi connectivity index (χ1n) is 6.25. The lowest BCUT2D eigenvalue weighted by Crippen LogP contribution is -2.31. The Hall–Kier alpha value is -2.49. The summed E-state index contributed by atoms with van der Waals surface area (Å²) in [5.74, 6) is -0.156. The van der Waals surface area contributed by atoms with Gasteiger partial charge in [-0.05, 0) is 22.8 Å². The molecule has 0 fully saturated rings. The van der Waals surface area contributed by atoms with Crippen LogP contribution >= 0.6 is 0 Å². The van der Waals surface area contributed by atoms with E-state index in [1.807, 2.05) is 36.4 Å². The number of amides is 1. The summed E-state index contributed by atoms with van der Waals surface area (Å²) >= 11 is 0. The minimum Gasteiger partial charge on any atom is -0.347 e. The van der Waals surface area contributed by atoms with E-state index in [0.717, 1.165) is 23.3 Å². The van der Waals surface area contributed by atoms with E-state index in [-0.39, 0.29) is 5.91 Å². The highest BCUT2D eigenvalue weighted by atomic mass is 16.2. The van der Waals surface area contributed by atoms with E-state index in [2.05, 4.69) is 15.5 Å². The van der Waals surface area contributed by atoms with Crippen molar-refractivity contribution < 1.29 is 4.79 Å². The van der Waals surface area contributed by atoms with Crippen LogP contribution in [0.3, 0.4) is 0 Å². The largest absolute Gasteiger partial charge is 0.347 e. The zero-order valence-corrected chi connectivity index (χ0v) is 10.2. The molecule has 0 unspecified atom stereocenters. The van der Waals surface area contributed by atoms with Gasteiger partial charge in [-0.1, -0.05) is 30.3 Å². The van der Waals surface area contributed by atoms with Crippen LogP contribution < -0.4 is 5.32 Å². The van der Waals surface area contributed by atoms with Crippen molar-refractivity contribution >= 4 is 17.3 Å². The van der Waals surface area contributed by atoms with E-state index >= 15 is 0 Å².